The number of nitrogens with two attached hydrogens (primary N) is 9. The predicted octanol–water partition coefficient (Wildman–Crippen LogP) is -4.96. The highest BCUT2D eigenvalue weighted by Crippen LogP contribution is 2.53. The number of aromatic nitrogens is 9. The van der Waals surface area contributed by atoms with E-state index in [2.05, 4.69) is 49.2 Å². The van der Waals surface area contributed by atoms with E-state index in [9.17, 15) is 9.13 Å². The van der Waals surface area contributed by atoms with Crippen molar-refractivity contribution < 1.29 is 33.0 Å². The minimum atomic E-state index is -5.05. The van der Waals surface area contributed by atoms with Crippen LogP contribution < -0.4 is 51.6 Å². The minimum absolute atomic E-state index is 0.0417. The molecule has 0 fully saturated rings. The minimum Gasteiger partial charge on any atom is -0.368 e. The molecule has 200 valence electrons. The summed E-state index contributed by atoms with van der Waals surface area (Å²) in [5.41, 5.74) is 46.2. The summed E-state index contributed by atoms with van der Waals surface area (Å²) in [4.78, 5) is 62.4. The molecule has 3 aromatic rings. The van der Waals surface area contributed by atoms with Crippen LogP contribution >= 0.6 is 15.6 Å². The standard InChI is InChI=1S/3C3H6N6.H4O7P2/c3*4-1-7-2(5)9-3(6)8-1;1-8(2,3)7-9(4,5)6/h3*(H6,4,5,6,7,8,9);(H2,1,2,3)(H2,4,5,6). The quantitative estimate of drug-likeness (QED) is 0.131. The molecule has 0 aliphatic rings. The van der Waals surface area contributed by atoms with Gasteiger partial charge in [-0.2, -0.15) is 49.2 Å². The molecule has 0 aliphatic heterocycles. The lowest BCUT2D eigenvalue weighted by Crippen LogP contribution is -2.05. The van der Waals surface area contributed by atoms with Crippen molar-refractivity contribution in [2.75, 3.05) is 51.6 Å². The fourth-order valence-corrected chi connectivity index (χ4v) is 2.53. The average Bonchev–Trinajstić information content (AvgIpc) is 2.56. The Morgan fingerprint density at radius 1 is 0.389 bits per heavy atom. The zero-order valence-corrected chi connectivity index (χ0v) is 19.4. The van der Waals surface area contributed by atoms with E-state index in [0.717, 1.165) is 0 Å². The van der Waals surface area contributed by atoms with Crippen molar-refractivity contribution in [2.45, 2.75) is 0 Å². The third-order valence-corrected chi connectivity index (χ3v) is 3.98. The Labute approximate surface area is 199 Å². The van der Waals surface area contributed by atoms with Gasteiger partial charge in [0.25, 0.3) is 0 Å². The van der Waals surface area contributed by atoms with Gasteiger partial charge in [-0.05, 0) is 0 Å². The largest absolute Gasteiger partial charge is 0.478 e. The first-order valence-corrected chi connectivity index (χ1v) is 11.2. The first-order chi connectivity index (χ1) is 16.3. The van der Waals surface area contributed by atoms with Gasteiger partial charge in [-0.15, -0.1) is 0 Å². The molecule has 0 aromatic carbocycles. The monoisotopic (exact) mass is 556 g/mol. The number of nitrogen functional groups attached to an aromatic ring is 9. The first kappa shape index (κ1) is 31.5. The molecule has 0 amide bonds. The molecule has 22 N–H and O–H groups in total. The van der Waals surface area contributed by atoms with Gasteiger partial charge in [0, 0.05) is 0 Å². The Kier molecular flexibility index (Phi) is 11.7. The molecule has 25 nitrogen and oxygen atoms in total. The summed E-state index contributed by atoms with van der Waals surface area (Å²) in [6, 6.07) is 0. The highest BCUT2D eigenvalue weighted by molar-refractivity contribution is 7.60. The van der Waals surface area contributed by atoms with E-state index < -0.39 is 15.6 Å². The van der Waals surface area contributed by atoms with Crippen molar-refractivity contribution in [3.63, 3.8) is 0 Å². The highest BCUT2D eigenvalue weighted by Gasteiger charge is 2.27. The van der Waals surface area contributed by atoms with Gasteiger partial charge in [-0.3, -0.25) is 0 Å². The van der Waals surface area contributed by atoms with Crippen LogP contribution in [0.2, 0.25) is 0 Å². The van der Waals surface area contributed by atoms with Gasteiger partial charge in [0.2, 0.25) is 53.5 Å². The van der Waals surface area contributed by atoms with Crippen molar-refractivity contribution in [2.24, 2.45) is 0 Å². The van der Waals surface area contributed by atoms with Gasteiger partial charge in [-0.1, -0.05) is 0 Å². The van der Waals surface area contributed by atoms with Crippen LogP contribution in [-0.2, 0) is 13.4 Å². The molecule has 0 aliphatic carbocycles. The van der Waals surface area contributed by atoms with Gasteiger partial charge >= 0.3 is 15.6 Å². The van der Waals surface area contributed by atoms with E-state index in [-0.39, 0.29) is 53.5 Å². The van der Waals surface area contributed by atoms with E-state index in [1.807, 2.05) is 0 Å². The lowest BCUT2D eigenvalue weighted by atomic mass is 10.9. The first-order valence-electron chi connectivity index (χ1n) is 8.15. The van der Waals surface area contributed by atoms with Gasteiger partial charge in [0.05, 0.1) is 0 Å². The molecular formula is C9H22N18O7P2. The second kappa shape index (κ2) is 13.4. The molecule has 0 bridgehead atoms. The van der Waals surface area contributed by atoms with Crippen molar-refractivity contribution >= 4 is 69.2 Å². The predicted molar refractivity (Wildman–Crippen MR) is 124 cm³/mol. The molecule has 3 heterocycles. The summed E-state index contributed by atoms with van der Waals surface area (Å²) in [6.45, 7) is 0. The van der Waals surface area contributed by atoms with Gasteiger partial charge in [0.15, 0.2) is 0 Å². The maximum absolute atomic E-state index is 9.63. The number of anilines is 9. The summed E-state index contributed by atoms with van der Waals surface area (Å²) in [5, 5.41) is 0. The zero-order valence-electron chi connectivity index (χ0n) is 17.6. The van der Waals surface area contributed by atoms with Gasteiger partial charge in [0.1, 0.15) is 0 Å². The molecule has 3 rings (SSSR count). The summed E-state index contributed by atoms with van der Waals surface area (Å²) >= 11 is 0. The van der Waals surface area contributed by atoms with Crippen LogP contribution in [0.5, 0.6) is 0 Å². The van der Waals surface area contributed by atoms with Crippen LogP contribution in [0.25, 0.3) is 0 Å². The third-order valence-electron chi connectivity index (χ3n) is 2.27. The fraction of sp³-hybridized carbons (Fsp3) is 0. The molecule has 0 atom stereocenters. The van der Waals surface area contributed by atoms with Gasteiger partial charge in [-0.25, -0.2) is 9.13 Å². The molecule has 27 heteroatoms. The van der Waals surface area contributed by atoms with E-state index in [0.29, 0.717) is 0 Å². The molecule has 36 heavy (non-hydrogen) atoms. The smallest absolute Gasteiger partial charge is 0.368 e. The van der Waals surface area contributed by atoms with Crippen molar-refractivity contribution in [3.8, 4) is 0 Å². The molecule has 0 saturated carbocycles. The number of phosphoric acid groups is 2. The fourth-order valence-electron chi connectivity index (χ4n) is 1.42. The maximum Gasteiger partial charge on any atom is 0.478 e. The van der Waals surface area contributed by atoms with E-state index >= 15 is 0 Å². The van der Waals surface area contributed by atoms with E-state index in [1.165, 1.54) is 0 Å². The van der Waals surface area contributed by atoms with E-state index in [1.54, 1.807) is 0 Å². The Morgan fingerprint density at radius 2 is 0.500 bits per heavy atom. The summed E-state index contributed by atoms with van der Waals surface area (Å²) in [6.07, 6.45) is 0. The number of hydrogen-bond donors (Lipinski definition) is 13. The number of nitrogens with zero attached hydrogens (tertiary/aromatic N) is 9. The van der Waals surface area contributed by atoms with E-state index in [4.69, 9.17) is 71.2 Å². The third kappa shape index (κ3) is 17.0. The Bertz CT molecular complexity index is 946. The van der Waals surface area contributed by atoms with Crippen LogP contribution in [0.15, 0.2) is 0 Å². The van der Waals surface area contributed by atoms with Crippen LogP contribution in [-0.4, -0.2) is 64.4 Å². The highest BCUT2D eigenvalue weighted by atomic mass is 31.3. The molecule has 0 spiro atoms. The molecule has 0 saturated heterocycles. The number of rotatable bonds is 2. The topological polar surface area (TPSA) is 474 Å². The van der Waals surface area contributed by atoms with Crippen LogP contribution in [0.4, 0.5) is 53.5 Å². The normalized spacial score (nSPS) is 10.4. The summed E-state index contributed by atoms with van der Waals surface area (Å²) in [5.74, 6) is 0.375. The SMILES string of the molecule is Nc1nc(N)nc(N)n1.Nc1nc(N)nc(N)n1.Nc1nc(N)nc(N)n1.O=P(O)(O)OP(=O)(O)O. The Hall–Kier alpha value is -4.51. The summed E-state index contributed by atoms with van der Waals surface area (Å²) in [7, 11) is -10.1. The lowest BCUT2D eigenvalue weighted by molar-refractivity contribution is 0.225. The molecule has 3 aromatic heterocycles. The number of hydrogen-bond acceptors (Lipinski definition) is 21. The van der Waals surface area contributed by atoms with Crippen LogP contribution in [0.1, 0.15) is 0 Å². The lowest BCUT2D eigenvalue weighted by Gasteiger charge is -2.03. The van der Waals surface area contributed by atoms with Crippen molar-refractivity contribution in [1.29, 1.82) is 0 Å². The molecule has 0 radical (unpaired) electrons. The average molecular weight is 556 g/mol. The molecule has 0 unspecified atom stereocenters. The summed E-state index contributed by atoms with van der Waals surface area (Å²) < 4.78 is 22.2. The van der Waals surface area contributed by atoms with Crippen LogP contribution in [0.3, 0.4) is 0 Å². The Morgan fingerprint density at radius 3 is 0.556 bits per heavy atom. The van der Waals surface area contributed by atoms with Crippen molar-refractivity contribution in [3.05, 3.63) is 0 Å². The Balaban J connectivity index is 0.000000454. The zero-order chi connectivity index (χ0) is 28.3. The van der Waals surface area contributed by atoms with Gasteiger partial charge < -0.3 is 71.2 Å². The second-order valence-corrected chi connectivity index (χ2v) is 7.91. The maximum atomic E-state index is 9.63. The molecular weight excluding hydrogens is 534 g/mol. The van der Waals surface area contributed by atoms with Crippen molar-refractivity contribution in [1.82, 2.24) is 44.9 Å². The second-order valence-electron chi connectivity index (χ2n) is 5.29. The van der Waals surface area contributed by atoms with Crippen LogP contribution in [0, 0.1) is 0 Å².